The lowest BCUT2D eigenvalue weighted by molar-refractivity contribution is -0.135. The minimum atomic E-state index is -0.00626. The third kappa shape index (κ3) is 4.84. The van der Waals surface area contributed by atoms with Crippen molar-refractivity contribution in [2.45, 2.75) is 57.9 Å². The molecule has 0 saturated carbocycles. The van der Waals surface area contributed by atoms with Gasteiger partial charge in [-0.2, -0.15) is 0 Å². The fraction of sp³-hybridized carbons (Fsp3) is 0.667. The van der Waals surface area contributed by atoms with Crippen LogP contribution in [-0.4, -0.2) is 81.9 Å². The molecule has 2 aliphatic heterocycles. The summed E-state index contributed by atoms with van der Waals surface area (Å²) < 4.78 is 1.61. The highest BCUT2D eigenvalue weighted by atomic mass is 32.1. The lowest BCUT2D eigenvalue weighted by Crippen LogP contribution is -2.52. The Balaban J connectivity index is 1.14. The molecule has 0 bridgehead atoms. The summed E-state index contributed by atoms with van der Waals surface area (Å²) in [5, 5.41) is 0.775. The topological polar surface area (TPSA) is 78.8 Å². The van der Waals surface area contributed by atoms with Gasteiger partial charge in [0.1, 0.15) is 4.83 Å². The molecule has 2 amide bonds. The molecule has 178 valence electrons. The minimum Gasteiger partial charge on any atom is -0.342 e. The van der Waals surface area contributed by atoms with Gasteiger partial charge in [0.25, 0.3) is 5.56 Å². The van der Waals surface area contributed by atoms with E-state index in [2.05, 4.69) is 9.88 Å². The fourth-order valence-electron chi connectivity index (χ4n) is 5.30. The van der Waals surface area contributed by atoms with Crippen LogP contribution in [-0.2, 0) is 29.0 Å². The molecule has 2 fully saturated rings. The highest BCUT2D eigenvalue weighted by molar-refractivity contribution is 7.18. The van der Waals surface area contributed by atoms with Gasteiger partial charge in [0.2, 0.25) is 11.8 Å². The molecular formula is C24H33N5O3S. The summed E-state index contributed by atoms with van der Waals surface area (Å²) in [5.41, 5.74) is 1.18. The Morgan fingerprint density at radius 3 is 2.39 bits per heavy atom. The summed E-state index contributed by atoms with van der Waals surface area (Å²) in [6, 6.07) is 0. The van der Waals surface area contributed by atoms with E-state index >= 15 is 0 Å². The maximum atomic E-state index is 13.1. The van der Waals surface area contributed by atoms with Crippen LogP contribution in [0.2, 0.25) is 0 Å². The number of carbonyl (C=O) groups is 2. The SMILES string of the molecule is O=C(CCn1cnc2sc3c(c2c1=O)CCCC3)N1CCN(CC(=O)N2CCCCC2)CC1. The molecule has 33 heavy (non-hydrogen) atoms. The van der Waals surface area contributed by atoms with Crippen molar-refractivity contribution in [2.24, 2.45) is 0 Å². The first-order valence-electron chi connectivity index (χ1n) is 12.4. The summed E-state index contributed by atoms with van der Waals surface area (Å²) >= 11 is 1.65. The van der Waals surface area contributed by atoms with Crippen LogP contribution in [0.1, 0.15) is 49.0 Å². The zero-order chi connectivity index (χ0) is 22.8. The zero-order valence-electron chi connectivity index (χ0n) is 19.3. The smallest absolute Gasteiger partial charge is 0.262 e. The van der Waals surface area contributed by atoms with Crippen molar-refractivity contribution in [1.29, 1.82) is 0 Å². The van der Waals surface area contributed by atoms with Crippen molar-refractivity contribution in [3.05, 3.63) is 27.1 Å². The number of carbonyl (C=O) groups excluding carboxylic acids is 2. The van der Waals surface area contributed by atoms with E-state index in [1.165, 1.54) is 23.3 Å². The second-order valence-corrected chi connectivity index (χ2v) is 10.6. The summed E-state index contributed by atoms with van der Waals surface area (Å²) in [7, 11) is 0. The number of thiophene rings is 1. The maximum absolute atomic E-state index is 13.1. The molecule has 0 radical (unpaired) electrons. The van der Waals surface area contributed by atoms with Crippen LogP contribution in [0.5, 0.6) is 0 Å². The van der Waals surface area contributed by atoms with Gasteiger partial charge in [0, 0.05) is 57.1 Å². The zero-order valence-corrected chi connectivity index (χ0v) is 20.1. The van der Waals surface area contributed by atoms with Crippen molar-refractivity contribution in [2.75, 3.05) is 45.8 Å². The molecule has 4 heterocycles. The van der Waals surface area contributed by atoms with Crippen LogP contribution < -0.4 is 5.56 Å². The average molecular weight is 472 g/mol. The largest absolute Gasteiger partial charge is 0.342 e. The van der Waals surface area contributed by atoms with Gasteiger partial charge in [-0.15, -0.1) is 11.3 Å². The van der Waals surface area contributed by atoms with E-state index in [0.29, 0.717) is 32.6 Å². The first-order chi connectivity index (χ1) is 16.1. The molecule has 0 spiro atoms. The number of fused-ring (bicyclic) bond motifs is 3. The predicted molar refractivity (Wildman–Crippen MR) is 129 cm³/mol. The van der Waals surface area contributed by atoms with Crippen molar-refractivity contribution < 1.29 is 9.59 Å². The van der Waals surface area contributed by atoms with E-state index in [0.717, 1.165) is 68.5 Å². The van der Waals surface area contributed by atoms with Gasteiger partial charge in [0.15, 0.2) is 0 Å². The number of amides is 2. The Bertz CT molecular complexity index is 1080. The van der Waals surface area contributed by atoms with Crippen LogP contribution in [0, 0.1) is 0 Å². The second kappa shape index (κ2) is 9.93. The van der Waals surface area contributed by atoms with E-state index in [9.17, 15) is 14.4 Å². The lowest BCUT2D eigenvalue weighted by Gasteiger charge is -2.36. The van der Waals surface area contributed by atoms with Gasteiger partial charge in [0.05, 0.1) is 18.3 Å². The monoisotopic (exact) mass is 471 g/mol. The molecule has 0 aromatic carbocycles. The van der Waals surface area contributed by atoms with Gasteiger partial charge < -0.3 is 9.80 Å². The third-order valence-electron chi connectivity index (χ3n) is 7.30. The number of hydrogen-bond donors (Lipinski definition) is 0. The Kier molecular flexibility index (Phi) is 6.78. The van der Waals surface area contributed by atoms with E-state index < -0.39 is 0 Å². The van der Waals surface area contributed by atoms with Crippen LogP contribution >= 0.6 is 11.3 Å². The highest BCUT2D eigenvalue weighted by Crippen LogP contribution is 2.33. The highest BCUT2D eigenvalue weighted by Gasteiger charge is 2.25. The number of likely N-dealkylation sites (tertiary alicyclic amines) is 1. The second-order valence-electron chi connectivity index (χ2n) is 9.48. The van der Waals surface area contributed by atoms with E-state index in [4.69, 9.17) is 0 Å². The molecule has 8 nitrogen and oxygen atoms in total. The predicted octanol–water partition coefficient (Wildman–Crippen LogP) is 1.88. The Hall–Kier alpha value is -2.26. The molecule has 0 N–H and O–H groups in total. The third-order valence-corrected chi connectivity index (χ3v) is 8.50. The summed E-state index contributed by atoms with van der Waals surface area (Å²) in [6.45, 7) is 5.29. The van der Waals surface area contributed by atoms with Gasteiger partial charge in [-0.1, -0.05) is 0 Å². The van der Waals surface area contributed by atoms with Crippen LogP contribution in [0.3, 0.4) is 0 Å². The average Bonchev–Trinajstić information content (AvgIpc) is 3.24. The Morgan fingerprint density at radius 1 is 0.879 bits per heavy atom. The summed E-state index contributed by atoms with van der Waals surface area (Å²) in [4.78, 5) is 51.1. The molecule has 2 saturated heterocycles. The molecule has 2 aromatic rings. The number of aryl methyl sites for hydroxylation is 3. The standard InChI is InChI=1S/C24H33N5O3S/c30-20(28-14-12-26(13-15-28)16-21(31)27-9-4-1-5-10-27)8-11-29-17-25-23-22(24(29)32)18-6-2-3-7-19(18)33-23/h17H,1-16H2. The normalized spacial score (nSPS) is 19.6. The fourth-order valence-corrected chi connectivity index (χ4v) is 6.52. The maximum Gasteiger partial charge on any atom is 0.262 e. The molecule has 1 aliphatic carbocycles. The number of piperidine rings is 1. The van der Waals surface area contributed by atoms with Crippen molar-refractivity contribution >= 4 is 33.4 Å². The van der Waals surface area contributed by atoms with Crippen molar-refractivity contribution in [3.63, 3.8) is 0 Å². The molecule has 0 atom stereocenters. The molecule has 3 aliphatic rings. The number of nitrogens with zero attached hydrogens (tertiary/aromatic N) is 5. The van der Waals surface area contributed by atoms with E-state index in [-0.39, 0.29) is 17.4 Å². The quantitative estimate of drug-likeness (QED) is 0.665. The number of piperazine rings is 1. The lowest BCUT2D eigenvalue weighted by atomic mass is 9.97. The molecule has 9 heteroatoms. The number of aromatic nitrogens is 2. The molecule has 0 unspecified atom stereocenters. The molecule has 2 aromatic heterocycles. The van der Waals surface area contributed by atoms with Crippen molar-refractivity contribution in [3.8, 4) is 0 Å². The Morgan fingerprint density at radius 2 is 1.61 bits per heavy atom. The van der Waals surface area contributed by atoms with Gasteiger partial charge >= 0.3 is 0 Å². The minimum absolute atomic E-state index is 0.00626. The summed E-state index contributed by atoms with van der Waals surface area (Å²) in [5.74, 6) is 0.281. The summed E-state index contributed by atoms with van der Waals surface area (Å²) in [6.07, 6.45) is 9.64. The van der Waals surface area contributed by atoms with Crippen LogP contribution in [0.25, 0.3) is 10.2 Å². The number of hydrogen-bond acceptors (Lipinski definition) is 6. The Labute approximate surface area is 198 Å². The van der Waals surface area contributed by atoms with Crippen LogP contribution in [0.15, 0.2) is 11.1 Å². The van der Waals surface area contributed by atoms with Gasteiger partial charge in [-0.05, 0) is 50.5 Å². The van der Waals surface area contributed by atoms with Gasteiger partial charge in [-0.3, -0.25) is 23.9 Å². The van der Waals surface area contributed by atoms with E-state index in [1.54, 1.807) is 22.2 Å². The first kappa shape index (κ1) is 22.5. The van der Waals surface area contributed by atoms with E-state index in [1.807, 2.05) is 9.80 Å². The van der Waals surface area contributed by atoms with Crippen LogP contribution in [0.4, 0.5) is 0 Å². The number of rotatable bonds is 5. The van der Waals surface area contributed by atoms with Gasteiger partial charge in [-0.25, -0.2) is 4.98 Å². The van der Waals surface area contributed by atoms with Crippen molar-refractivity contribution in [1.82, 2.24) is 24.3 Å². The molecule has 5 rings (SSSR count). The first-order valence-corrected chi connectivity index (χ1v) is 13.2. The molecular weight excluding hydrogens is 438 g/mol.